The van der Waals surface area contributed by atoms with E-state index in [4.69, 9.17) is 10.4 Å². The molecule has 0 radical (unpaired) electrons. The van der Waals surface area contributed by atoms with E-state index in [0.717, 1.165) is 5.56 Å². The van der Waals surface area contributed by atoms with Crippen molar-refractivity contribution in [3.05, 3.63) is 29.8 Å². The van der Waals surface area contributed by atoms with Crippen LogP contribution in [0.5, 0.6) is 0 Å². The Kier molecular flexibility index (Phi) is 5.18. The van der Waals surface area contributed by atoms with Gasteiger partial charge in [0.2, 0.25) is 5.91 Å². The Morgan fingerprint density at radius 2 is 2.12 bits per heavy atom. The van der Waals surface area contributed by atoms with Crippen LogP contribution in [0.25, 0.3) is 0 Å². The number of aliphatic hydroxyl groups is 1. The first-order valence-electron chi connectivity index (χ1n) is 5.55. The van der Waals surface area contributed by atoms with Crippen LogP contribution >= 0.6 is 0 Å². The quantitative estimate of drug-likeness (QED) is 0.813. The van der Waals surface area contributed by atoms with E-state index in [1.165, 1.54) is 0 Å². The first kappa shape index (κ1) is 13.2. The molecule has 1 amide bonds. The second-order valence-electron chi connectivity index (χ2n) is 3.97. The van der Waals surface area contributed by atoms with Crippen molar-refractivity contribution in [3.8, 4) is 6.07 Å². The van der Waals surface area contributed by atoms with Crippen LogP contribution in [0.15, 0.2) is 24.3 Å². The molecule has 0 heterocycles. The second kappa shape index (κ2) is 6.66. The zero-order valence-corrected chi connectivity index (χ0v) is 9.81. The summed E-state index contributed by atoms with van der Waals surface area (Å²) < 4.78 is 0. The molecule has 0 spiro atoms. The molecule has 4 nitrogen and oxygen atoms in total. The fraction of sp³-hybridized carbons (Fsp3) is 0.385. The van der Waals surface area contributed by atoms with Gasteiger partial charge in [-0.25, -0.2) is 0 Å². The fourth-order valence-corrected chi connectivity index (χ4v) is 1.36. The number of nitrogens with zero attached hydrogens (tertiary/aromatic N) is 1. The number of hydrogen-bond donors (Lipinski definition) is 2. The summed E-state index contributed by atoms with van der Waals surface area (Å²) in [5, 5.41) is 20.3. The van der Waals surface area contributed by atoms with Crippen molar-refractivity contribution in [3.63, 3.8) is 0 Å². The Labute approximate surface area is 101 Å². The summed E-state index contributed by atoms with van der Waals surface area (Å²) in [4.78, 5) is 11.5. The van der Waals surface area contributed by atoms with E-state index < -0.39 is 6.10 Å². The van der Waals surface area contributed by atoms with E-state index in [-0.39, 0.29) is 5.91 Å². The lowest BCUT2D eigenvalue weighted by atomic mass is 10.1. The lowest BCUT2D eigenvalue weighted by Crippen LogP contribution is -2.13. The molecule has 0 saturated heterocycles. The first-order chi connectivity index (χ1) is 8.11. The van der Waals surface area contributed by atoms with Crippen LogP contribution in [-0.4, -0.2) is 17.1 Å². The molecule has 1 unspecified atom stereocenters. The molecule has 1 rings (SSSR count). The molecule has 1 atom stereocenters. The third kappa shape index (κ3) is 5.14. The molecule has 0 aliphatic carbocycles. The molecular weight excluding hydrogens is 216 g/mol. The summed E-state index contributed by atoms with van der Waals surface area (Å²) in [6, 6.07) is 9.23. The zero-order valence-electron chi connectivity index (χ0n) is 9.81. The van der Waals surface area contributed by atoms with Gasteiger partial charge >= 0.3 is 0 Å². The Morgan fingerprint density at radius 3 is 2.65 bits per heavy atom. The third-order valence-corrected chi connectivity index (χ3v) is 2.31. The number of aliphatic hydroxyl groups excluding tert-OH is 1. The standard InChI is InChI=1S/C13H16N2O2/c1-10(16)2-7-13(17)15-12-5-3-11(4-6-12)8-9-14/h3-6,10,16H,2,7-8H2,1H3,(H,15,17). The van der Waals surface area contributed by atoms with Crippen LogP contribution in [-0.2, 0) is 11.2 Å². The van der Waals surface area contributed by atoms with E-state index in [0.29, 0.717) is 24.9 Å². The maximum absolute atomic E-state index is 11.5. The molecule has 17 heavy (non-hydrogen) atoms. The van der Waals surface area contributed by atoms with Crippen LogP contribution < -0.4 is 5.32 Å². The highest BCUT2D eigenvalue weighted by Gasteiger charge is 2.04. The van der Waals surface area contributed by atoms with Crippen molar-refractivity contribution in [2.45, 2.75) is 32.3 Å². The molecule has 0 aromatic heterocycles. The number of rotatable bonds is 5. The predicted molar refractivity (Wildman–Crippen MR) is 65.3 cm³/mol. The number of hydrogen-bond acceptors (Lipinski definition) is 3. The number of amides is 1. The van der Waals surface area contributed by atoms with E-state index in [2.05, 4.69) is 11.4 Å². The number of carbonyl (C=O) groups excluding carboxylic acids is 1. The topological polar surface area (TPSA) is 73.1 Å². The molecule has 1 aromatic carbocycles. The zero-order chi connectivity index (χ0) is 12.7. The molecule has 0 aliphatic rings. The number of nitriles is 1. The van der Waals surface area contributed by atoms with Crippen LogP contribution in [0.2, 0.25) is 0 Å². The molecule has 0 fully saturated rings. The van der Waals surface area contributed by atoms with Crippen LogP contribution in [0.3, 0.4) is 0 Å². The highest BCUT2D eigenvalue weighted by molar-refractivity contribution is 5.90. The van der Waals surface area contributed by atoms with Crippen molar-refractivity contribution >= 4 is 11.6 Å². The van der Waals surface area contributed by atoms with Gasteiger partial charge in [-0.05, 0) is 31.0 Å². The molecule has 4 heteroatoms. The lowest BCUT2D eigenvalue weighted by molar-refractivity contribution is -0.116. The van der Waals surface area contributed by atoms with Crippen molar-refractivity contribution in [2.24, 2.45) is 0 Å². The summed E-state index contributed by atoms with van der Waals surface area (Å²) in [5.74, 6) is -0.112. The number of benzene rings is 1. The highest BCUT2D eigenvalue weighted by Crippen LogP contribution is 2.10. The largest absolute Gasteiger partial charge is 0.393 e. The van der Waals surface area contributed by atoms with Gasteiger partial charge in [-0.15, -0.1) is 0 Å². The van der Waals surface area contributed by atoms with E-state index in [1.807, 2.05) is 12.1 Å². The number of anilines is 1. The fourth-order valence-electron chi connectivity index (χ4n) is 1.36. The molecule has 0 bridgehead atoms. The van der Waals surface area contributed by atoms with Crippen molar-refractivity contribution in [1.82, 2.24) is 0 Å². The summed E-state index contributed by atoms with van der Waals surface area (Å²) in [6.07, 6.45) is 0.672. The minimum Gasteiger partial charge on any atom is -0.393 e. The SMILES string of the molecule is CC(O)CCC(=O)Nc1ccc(CC#N)cc1. The molecule has 0 aliphatic heterocycles. The van der Waals surface area contributed by atoms with Gasteiger partial charge in [-0.1, -0.05) is 12.1 Å². The van der Waals surface area contributed by atoms with Gasteiger partial charge in [-0.3, -0.25) is 4.79 Å². The molecule has 90 valence electrons. The first-order valence-corrected chi connectivity index (χ1v) is 5.55. The highest BCUT2D eigenvalue weighted by atomic mass is 16.3. The Morgan fingerprint density at radius 1 is 1.47 bits per heavy atom. The van der Waals surface area contributed by atoms with Crippen LogP contribution in [0, 0.1) is 11.3 Å². The summed E-state index contributed by atoms with van der Waals surface area (Å²) in [5.41, 5.74) is 1.64. The number of carbonyl (C=O) groups is 1. The Hall–Kier alpha value is -1.86. The van der Waals surface area contributed by atoms with Gasteiger partial charge < -0.3 is 10.4 Å². The van der Waals surface area contributed by atoms with E-state index in [9.17, 15) is 4.79 Å². The van der Waals surface area contributed by atoms with Gasteiger partial charge in [-0.2, -0.15) is 5.26 Å². The monoisotopic (exact) mass is 232 g/mol. The van der Waals surface area contributed by atoms with Crippen molar-refractivity contribution < 1.29 is 9.90 Å². The Bertz CT molecular complexity index is 404. The smallest absolute Gasteiger partial charge is 0.224 e. The summed E-state index contributed by atoms with van der Waals surface area (Å²) >= 11 is 0. The maximum Gasteiger partial charge on any atom is 0.224 e. The summed E-state index contributed by atoms with van der Waals surface area (Å²) in [7, 11) is 0. The van der Waals surface area contributed by atoms with Gasteiger partial charge in [0, 0.05) is 12.1 Å². The molecule has 0 saturated carbocycles. The van der Waals surface area contributed by atoms with Gasteiger partial charge in [0.25, 0.3) is 0 Å². The maximum atomic E-state index is 11.5. The van der Waals surface area contributed by atoms with E-state index >= 15 is 0 Å². The molecule has 2 N–H and O–H groups in total. The normalized spacial score (nSPS) is 11.6. The summed E-state index contributed by atoms with van der Waals surface area (Å²) in [6.45, 7) is 1.66. The van der Waals surface area contributed by atoms with Crippen molar-refractivity contribution in [2.75, 3.05) is 5.32 Å². The number of nitrogens with one attached hydrogen (secondary N) is 1. The lowest BCUT2D eigenvalue weighted by Gasteiger charge is -2.06. The van der Waals surface area contributed by atoms with Gasteiger partial charge in [0.05, 0.1) is 18.6 Å². The minimum absolute atomic E-state index is 0.112. The van der Waals surface area contributed by atoms with Crippen molar-refractivity contribution in [1.29, 1.82) is 5.26 Å². The molecular formula is C13H16N2O2. The average Bonchev–Trinajstić information content (AvgIpc) is 2.29. The Balaban J connectivity index is 2.46. The second-order valence-corrected chi connectivity index (χ2v) is 3.97. The minimum atomic E-state index is -0.459. The third-order valence-electron chi connectivity index (χ3n) is 2.31. The average molecular weight is 232 g/mol. The van der Waals surface area contributed by atoms with Gasteiger partial charge in [0.15, 0.2) is 0 Å². The predicted octanol–water partition coefficient (Wildman–Crippen LogP) is 1.85. The molecule has 1 aromatic rings. The van der Waals surface area contributed by atoms with Gasteiger partial charge in [0.1, 0.15) is 0 Å². The van der Waals surface area contributed by atoms with Crippen LogP contribution in [0.4, 0.5) is 5.69 Å². The van der Waals surface area contributed by atoms with E-state index in [1.54, 1.807) is 19.1 Å². The van der Waals surface area contributed by atoms with Crippen LogP contribution in [0.1, 0.15) is 25.3 Å².